The van der Waals surface area contributed by atoms with Crippen molar-refractivity contribution in [3.63, 3.8) is 0 Å². The Labute approximate surface area is 142 Å². The lowest BCUT2D eigenvalue weighted by atomic mass is 9.93. The molecule has 0 unspecified atom stereocenters. The van der Waals surface area contributed by atoms with Gasteiger partial charge in [-0.1, -0.05) is 6.92 Å². The predicted octanol–water partition coefficient (Wildman–Crippen LogP) is 2.50. The number of amides is 1. The normalized spacial score (nSPS) is 16.6. The molecule has 1 amide bonds. The Morgan fingerprint density at radius 3 is 2.92 bits per heavy atom. The molecule has 0 aliphatic heterocycles. The number of anilines is 1. The molecular weight excluding hydrogens is 324 g/mol. The van der Waals surface area contributed by atoms with Crippen LogP contribution in [0.2, 0.25) is 0 Å². The van der Waals surface area contributed by atoms with E-state index in [0.717, 1.165) is 24.2 Å². The van der Waals surface area contributed by atoms with Gasteiger partial charge in [-0.3, -0.25) is 10.1 Å². The number of rotatable bonds is 3. The molecule has 0 bridgehead atoms. The molecule has 1 aliphatic rings. The first-order valence-corrected chi connectivity index (χ1v) is 8.64. The Hall–Kier alpha value is -2.61. The fraction of sp³-hybridized carbons (Fsp3) is 0.312. The number of benzene rings is 1. The molecule has 7 nitrogen and oxygen atoms in total. The van der Waals surface area contributed by atoms with E-state index in [0.29, 0.717) is 16.6 Å². The average Bonchev–Trinajstić information content (AvgIpc) is 3.23. The van der Waals surface area contributed by atoms with E-state index in [1.165, 1.54) is 22.3 Å². The Balaban J connectivity index is 1.48. The van der Waals surface area contributed by atoms with E-state index < -0.39 is 0 Å². The van der Waals surface area contributed by atoms with Crippen LogP contribution in [0.5, 0.6) is 0 Å². The van der Waals surface area contributed by atoms with Crippen LogP contribution < -0.4 is 5.32 Å². The summed E-state index contributed by atoms with van der Waals surface area (Å²) in [6.45, 7) is 2.26. The maximum Gasteiger partial charge on any atom is 0.257 e. The molecule has 0 spiro atoms. The minimum Gasteiger partial charge on any atom is -0.298 e. The van der Waals surface area contributed by atoms with E-state index >= 15 is 0 Å². The van der Waals surface area contributed by atoms with Crippen LogP contribution in [0, 0.1) is 5.92 Å². The van der Waals surface area contributed by atoms with Gasteiger partial charge < -0.3 is 0 Å². The smallest absolute Gasteiger partial charge is 0.257 e. The summed E-state index contributed by atoms with van der Waals surface area (Å²) >= 11 is 1.59. The topological polar surface area (TPSA) is 85.6 Å². The first-order valence-electron chi connectivity index (χ1n) is 7.82. The second-order valence-corrected chi connectivity index (χ2v) is 7.08. The molecule has 4 rings (SSSR count). The van der Waals surface area contributed by atoms with Gasteiger partial charge in [-0.05, 0) is 59.9 Å². The number of carbonyl (C=O) groups is 1. The Bertz CT molecular complexity index is 855. The average molecular weight is 340 g/mol. The summed E-state index contributed by atoms with van der Waals surface area (Å²) in [5, 5.41) is 14.6. The van der Waals surface area contributed by atoms with Crippen LogP contribution in [-0.4, -0.2) is 31.1 Å². The molecule has 0 saturated heterocycles. The highest BCUT2D eigenvalue weighted by Crippen LogP contribution is 2.32. The number of aromatic nitrogens is 5. The summed E-state index contributed by atoms with van der Waals surface area (Å²) in [5.74, 6) is 0.540. The van der Waals surface area contributed by atoms with Crippen LogP contribution in [-0.2, 0) is 12.8 Å². The summed E-state index contributed by atoms with van der Waals surface area (Å²) in [5.41, 5.74) is 2.52. The molecule has 2 aromatic heterocycles. The first kappa shape index (κ1) is 14.9. The third-order valence-corrected chi connectivity index (χ3v) is 5.18. The van der Waals surface area contributed by atoms with E-state index in [4.69, 9.17) is 0 Å². The van der Waals surface area contributed by atoms with E-state index in [1.807, 2.05) is 0 Å². The number of thiazole rings is 1. The zero-order chi connectivity index (χ0) is 16.5. The molecule has 1 aliphatic carbocycles. The van der Waals surface area contributed by atoms with Gasteiger partial charge in [0.25, 0.3) is 5.91 Å². The second kappa shape index (κ2) is 6.12. The minimum absolute atomic E-state index is 0.155. The van der Waals surface area contributed by atoms with Gasteiger partial charge in [-0.15, -0.1) is 16.4 Å². The summed E-state index contributed by atoms with van der Waals surface area (Å²) in [7, 11) is 0. The Kier molecular flexibility index (Phi) is 3.81. The molecule has 2 heterocycles. The highest BCUT2D eigenvalue weighted by Gasteiger charge is 2.20. The molecule has 3 aromatic rings. The molecule has 1 aromatic carbocycles. The highest BCUT2D eigenvalue weighted by atomic mass is 32.1. The molecule has 1 atom stereocenters. The molecule has 0 fully saturated rings. The summed E-state index contributed by atoms with van der Waals surface area (Å²) in [6.07, 6.45) is 4.74. The van der Waals surface area contributed by atoms with Crippen molar-refractivity contribution in [2.45, 2.75) is 26.2 Å². The lowest BCUT2D eigenvalue weighted by molar-refractivity contribution is 0.102. The lowest BCUT2D eigenvalue weighted by Crippen LogP contribution is -2.12. The van der Waals surface area contributed by atoms with Crippen molar-refractivity contribution in [2.75, 3.05) is 5.32 Å². The molecule has 8 heteroatoms. The van der Waals surface area contributed by atoms with Gasteiger partial charge in [-0.2, -0.15) is 0 Å². The number of aryl methyl sites for hydroxylation is 1. The fourth-order valence-electron chi connectivity index (χ4n) is 2.81. The maximum atomic E-state index is 12.4. The van der Waals surface area contributed by atoms with Gasteiger partial charge in [0.05, 0.1) is 11.4 Å². The van der Waals surface area contributed by atoms with Crippen molar-refractivity contribution in [1.29, 1.82) is 0 Å². The molecule has 122 valence electrons. The fourth-order valence-corrected chi connectivity index (χ4v) is 3.97. The third-order valence-electron chi connectivity index (χ3n) is 4.15. The van der Waals surface area contributed by atoms with E-state index in [-0.39, 0.29) is 5.91 Å². The Morgan fingerprint density at radius 1 is 1.33 bits per heavy atom. The number of nitrogens with one attached hydrogen (secondary N) is 1. The monoisotopic (exact) mass is 340 g/mol. The van der Waals surface area contributed by atoms with Crippen molar-refractivity contribution in [3.8, 4) is 5.69 Å². The van der Waals surface area contributed by atoms with Crippen molar-refractivity contribution in [1.82, 2.24) is 25.2 Å². The maximum absolute atomic E-state index is 12.4. The van der Waals surface area contributed by atoms with Gasteiger partial charge in [-0.25, -0.2) is 9.67 Å². The van der Waals surface area contributed by atoms with Gasteiger partial charge in [0, 0.05) is 10.4 Å². The second-order valence-electron chi connectivity index (χ2n) is 5.99. The summed E-state index contributed by atoms with van der Waals surface area (Å²) in [4.78, 5) is 18.3. The number of hydrogen-bond acceptors (Lipinski definition) is 6. The van der Waals surface area contributed by atoms with Crippen LogP contribution >= 0.6 is 11.3 Å². The van der Waals surface area contributed by atoms with E-state index in [2.05, 4.69) is 32.7 Å². The number of carbonyl (C=O) groups excluding carboxylic acids is 1. The summed E-state index contributed by atoms with van der Waals surface area (Å²) in [6, 6.07) is 7.11. The van der Waals surface area contributed by atoms with Crippen molar-refractivity contribution in [3.05, 3.63) is 46.7 Å². The number of hydrogen-bond donors (Lipinski definition) is 1. The van der Waals surface area contributed by atoms with Crippen LogP contribution in [0.3, 0.4) is 0 Å². The number of fused-ring (bicyclic) bond motifs is 1. The highest BCUT2D eigenvalue weighted by molar-refractivity contribution is 7.15. The molecule has 0 saturated carbocycles. The van der Waals surface area contributed by atoms with Crippen molar-refractivity contribution in [2.24, 2.45) is 5.92 Å². The van der Waals surface area contributed by atoms with Gasteiger partial charge >= 0.3 is 0 Å². The van der Waals surface area contributed by atoms with E-state index in [9.17, 15) is 4.79 Å². The summed E-state index contributed by atoms with van der Waals surface area (Å²) < 4.78 is 1.54. The zero-order valence-corrected chi connectivity index (χ0v) is 14.0. The standard InChI is InChI=1S/C16H16N6OS/c1-10-2-7-13-14(8-10)24-16(18-13)19-15(23)11-3-5-12(6-4-11)22-9-17-20-21-22/h3-6,9-10H,2,7-8H2,1H3,(H,18,19,23)/t10-/m0/s1. The van der Waals surface area contributed by atoms with Crippen molar-refractivity contribution < 1.29 is 4.79 Å². The Morgan fingerprint density at radius 2 is 2.17 bits per heavy atom. The lowest BCUT2D eigenvalue weighted by Gasteiger charge is -2.15. The van der Waals surface area contributed by atoms with Crippen LogP contribution in [0.1, 0.15) is 34.3 Å². The largest absolute Gasteiger partial charge is 0.298 e. The molecule has 1 N–H and O–H groups in total. The first-order chi connectivity index (χ1) is 11.7. The number of nitrogens with zero attached hydrogens (tertiary/aromatic N) is 5. The van der Waals surface area contributed by atoms with Crippen molar-refractivity contribution >= 4 is 22.4 Å². The SMILES string of the molecule is C[C@H]1CCc2nc(NC(=O)c3ccc(-n4cnnn4)cc3)sc2C1. The quantitative estimate of drug-likeness (QED) is 0.792. The minimum atomic E-state index is -0.155. The zero-order valence-electron chi connectivity index (χ0n) is 13.1. The van der Waals surface area contributed by atoms with Gasteiger partial charge in [0.15, 0.2) is 5.13 Å². The predicted molar refractivity (Wildman–Crippen MR) is 90.4 cm³/mol. The van der Waals surface area contributed by atoms with Gasteiger partial charge in [0.2, 0.25) is 0 Å². The molecular formula is C16H16N6OS. The third kappa shape index (κ3) is 2.92. The van der Waals surface area contributed by atoms with Crippen LogP contribution in [0.25, 0.3) is 5.69 Å². The van der Waals surface area contributed by atoms with Crippen LogP contribution in [0.4, 0.5) is 5.13 Å². The van der Waals surface area contributed by atoms with Crippen LogP contribution in [0.15, 0.2) is 30.6 Å². The van der Waals surface area contributed by atoms with E-state index in [1.54, 1.807) is 35.6 Å². The van der Waals surface area contributed by atoms with Gasteiger partial charge in [0.1, 0.15) is 6.33 Å². The molecule has 0 radical (unpaired) electrons. The molecule has 24 heavy (non-hydrogen) atoms. The number of tetrazole rings is 1.